The molecule has 1 aliphatic heterocycles. The van der Waals surface area contributed by atoms with Crippen LogP contribution in [-0.4, -0.2) is 9.54 Å². The molecule has 1 aliphatic rings. The van der Waals surface area contributed by atoms with Gasteiger partial charge in [-0.2, -0.15) is 0 Å². The van der Waals surface area contributed by atoms with Crippen LogP contribution in [0.4, 0.5) is 5.13 Å². The van der Waals surface area contributed by atoms with E-state index in [0.717, 1.165) is 15.2 Å². The fourth-order valence-corrected chi connectivity index (χ4v) is 4.20. The molecule has 3 rings (SSSR count). The molecule has 0 saturated carbocycles. The van der Waals surface area contributed by atoms with Crippen LogP contribution in [0, 0.1) is 0 Å². The van der Waals surface area contributed by atoms with Crippen LogP contribution in [-0.2, 0) is 11.2 Å². The molecule has 1 aromatic carbocycles. The van der Waals surface area contributed by atoms with Crippen LogP contribution in [0.5, 0.6) is 0 Å². The summed E-state index contributed by atoms with van der Waals surface area (Å²) in [6, 6.07) is 7.90. The smallest absolute Gasteiger partial charge is 0.224 e. The molecule has 6 heteroatoms. The van der Waals surface area contributed by atoms with Gasteiger partial charge >= 0.3 is 0 Å². The highest BCUT2D eigenvalue weighted by Crippen LogP contribution is 2.38. The Morgan fingerprint density at radius 1 is 1.44 bits per heavy atom. The lowest BCUT2D eigenvalue weighted by Crippen LogP contribution is -2.23. The number of thiazole rings is 1. The van der Waals surface area contributed by atoms with Gasteiger partial charge < -0.3 is 4.55 Å². The number of hydrogen-bond acceptors (Lipinski definition) is 4. The van der Waals surface area contributed by atoms with Crippen molar-refractivity contribution in [3.63, 3.8) is 0 Å². The van der Waals surface area contributed by atoms with Gasteiger partial charge in [0.2, 0.25) is 5.37 Å². The normalized spacial score (nSPS) is 22.7. The van der Waals surface area contributed by atoms with Gasteiger partial charge in [0, 0.05) is 32.8 Å². The number of anilines is 1. The Bertz CT molecular complexity index is 573. The second-order valence-corrected chi connectivity index (χ2v) is 6.91. The Morgan fingerprint density at radius 3 is 3.06 bits per heavy atom. The first kappa shape index (κ1) is 12.2. The van der Waals surface area contributed by atoms with Crippen LogP contribution < -0.4 is 4.90 Å². The van der Waals surface area contributed by atoms with E-state index in [1.165, 1.54) is 0 Å². The van der Waals surface area contributed by atoms with Crippen molar-refractivity contribution in [3.05, 3.63) is 57.5 Å². The average Bonchev–Trinajstić information content (AvgIpc) is 2.97. The SMILES string of the molecule is [O-][S+]1C=CN(c2nccs2)C1c1cccc(Br)c1. The number of aromatic nitrogens is 1. The molecule has 2 unspecified atom stereocenters. The lowest BCUT2D eigenvalue weighted by Gasteiger charge is -2.22. The van der Waals surface area contributed by atoms with E-state index in [4.69, 9.17) is 0 Å². The molecule has 3 nitrogen and oxygen atoms in total. The summed E-state index contributed by atoms with van der Waals surface area (Å²) in [4.78, 5) is 6.24. The van der Waals surface area contributed by atoms with Crippen LogP contribution in [0.25, 0.3) is 0 Å². The minimum atomic E-state index is -1.04. The molecule has 0 aliphatic carbocycles. The fourth-order valence-electron chi connectivity index (χ4n) is 1.85. The van der Waals surface area contributed by atoms with E-state index in [1.807, 2.05) is 40.7 Å². The van der Waals surface area contributed by atoms with E-state index >= 15 is 0 Å². The maximum atomic E-state index is 12.1. The van der Waals surface area contributed by atoms with Crippen LogP contribution in [0.1, 0.15) is 10.9 Å². The summed E-state index contributed by atoms with van der Waals surface area (Å²) in [5, 5.41) is 4.31. The van der Waals surface area contributed by atoms with Gasteiger partial charge in [0.1, 0.15) is 5.41 Å². The third-order valence-electron chi connectivity index (χ3n) is 2.60. The van der Waals surface area contributed by atoms with Crippen molar-refractivity contribution < 1.29 is 4.55 Å². The monoisotopic (exact) mass is 340 g/mol. The zero-order chi connectivity index (χ0) is 12.5. The molecular weight excluding hydrogens is 332 g/mol. The molecule has 92 valence electrons. The van der Waals surface area contributed by atoms with Crippen molar-refractivity contribution in [2.45, 2.75) is 5.37 Å². The summed E-state index contributed by atoms with van der Waals surface area (Å²) >= 11 is 3.95. The molecular formula is C12H9BrN2OS2. The summed E-state index contributed by atoms with van der Waals surface area (Å²) < 4.78 is 13.1. The maximum Gasteiger partial charge on any atom is 0.224 e. The molecule has 1 aromatic heterocycles. The number of hydrogen-bond donors (Lipinski definition) is 0. The molecule has 2 aromatic rings. The van der Waals surface area contributed by atoms with Crippen LogP contribution in [0.15, 0.2) is 51.9 Å². The summed E-state index contributed by atoms with van der Waals surface area (Å²) in [6.45, 7) is 0. The fraction of sp³-hybridized carbons (Fsp3) is 0.0833. The van der Waals surface area contributed by atoms with Crippen molar-refractivity contribution in [2.24, 2.45) is 0 Å². The lowest BCUT2D eigenvalue weighted by atomic mass is 10.2. The molecule has 18 heavy (non-hydrogen) atoms. The predicted octanol–water partition coefficient (Wildman–Crippen LogP) is 3.64. The summed E-state index contributed by atoms with van der Waals surface area (Å²) in [5.41, 5.74) is 1.02. The van der Waals surface area contributed by atoms with Gasteiger partial charge in [-0.25, -0.2) is 4.98 Å². The number of rotatable bonds is 2. The van der Waals surface area contributed by atoms with E-state index in [0.29, 0.717) is 0 Å². The van der Waals surface area contributed by atoms with Crippen LogP contribution >= 0.6 is 27.3 Å². The Balaban J connectivity index is 1.99. The molecule has 0 amide bonds. The number of nitrogens with zero attached hydrogens (tertiary/aromatic N) is 2. The van der Waals surface area contributed by atoms with Gasteiger partial charge in [-0.05, 0) is 12.1 Å². The van der Waals surface area contributed by atoms with Crippen molar-refractivity contribution in [3.8, 4) is 0 Å². The molecule has 0 radical (unpaired) electrons. The second kappa shape index (κ2) is 5.05. The molecule has 2 atom stereocenters. The summed E-state index contributed by atoms with van der Waals surface area (Å²) in [6.07, 6.45) is 3.60. The van der Waals surface area contributed by atoms with E-state index in [9.17, 15) is 4.55 Å². The van der Waals surface area contributed by atoms with Gasteiger partial charge in [-0.3, -0.25) is 4.90 Å². The molecule has 2 heterocycles. The summed E-state index contributed by atoms with van der Waals surface area (Å²) in [5.74, 6) is 0. The van der Waals surface area contributed by atoms with Gasteiger partial charge in [0.05, 0.1) is 6.20 Å². The minimum absolute atomic E-state index is 0.186. The van der Waals surface area contributed by atoms with Crippen molar-refractivity contribution in [1.82, 2.24) is 4.98 Å². The van der Waals surface area contributed by atoms with E-state index < -0.39 is 11.2 Å². The highest BCUT2D eigenvalue weighted by molar-refractivity contribution is 9.10. The van der Waals surface area contributed by atoms with Crippen molar-refractivity contribution in [1.29, 1.82) is 0 Å². The highest BCUT2D eigenvalue weighted by Gasteiger charge is 2.35. The largest absolute Gasteiger partial charge is 0.610 e. The molecule has 0 spiro atoms. The zero-order valence-electron chi connectivity index (χ0n) is 9.19. The van der Waals surface area contributed by atoms with Crippen molar-refractivity contribution >= 4 is 43.6 Å². The Labute approximate surface area is 120 Å². The number of benzene rings is 1. The minimum Gasteiger partial charge on any atom is -0.610 e. The van der Waals surface area contributed by atoms with Crippen LogP contribution in [0.2, 0.25) is 0 Å². The quantitative estimate of drug-likeness (QED) is 0.783. The zero-order valence-corrected chi connectivity index (χ0v) is 12.4. The van der Waals surface area contributed by atoms with Gasteiger partial charge in [0.25, 0.3) is 0 Å². The Hall–Kier alpha value is -0.820. The first-order chi connectivity index (χ1) is 8.75. The van der Waals surface area contributed by atoms with E-state index in [1.54, 1.807) is 22.9 Å². The average molecular weight is 341 g/mol. The molecule has 0 fully saturated rings. The highest BCUT2D eigenvalue weighted by atomic mass is 79.9. The van der Waals surface area contributed by atoms with E-state index in [-0.39, 0.29) is 5.37 Å². The molecule has 0 saturated heterocycles. The van der Waals surface area contributed by atoms with Gasteiger partial charge in [-0.15, -0.1) is 11.3 Å². The molecule has 0 N–H and O–H groups in total. The maximum absolute atomic E-state index is 12.1. The topological polar surface area (TPSA) is 39.2 Å². The molecule has 0 bridgehead atoms. The van der Waals surface area contributed by atoms with Gasteiger partial charge in [0.15, 0.2) is 5.13 Å². The Morgan fingerprint density at radius 2 is 2.33 bits per heavy atom. The predicted molar refractivity (Wildman–Crippen MR) is 78.8 cm³/mol. The second-order valence-electron chi connectivity index (χ2n) is 3.74. The third kappa shape index (κ3) is 2.21. The lowest BCUT2D eigenvalue weighted by molar-refractivity contribution is 0.593. The number of halogens is 1. The standard InChI is InChI=1S/C12H9BrN2OS2/c13-10-3-1-2-9(8-10)11-15(5-7-18(11)16)12-14-4-6-17-12/h1-8,11H. The first-order valence-corrected chi connectivity index (χ1v) is 8.21. The first-order valence-electron chi connectivity index (χ1n) is 5.27. The van der Waals surface area contributed by atoms with Crippen LogP contribution in [0.3, 0.4) is 0 Å². The Kier molecular flexibility index (Phi) is 3.43. The van der Waals surface area contributed by atoms with E-state index in [2.05, 4.69) is 20.9 Å². The summed E-state index contributed by atoms with van der Waals surface area (Å²) in [7, 11) is 0. The third-order valence-corrected chi connectivity index (χ3v) is 5.21. The van der Waals surface area contributed by atoms with Crippen molar-refractivity contribution in [2.75, 3.05) is 4.90 Å². The van der Waals surface area contributed by atoms with Gasteiger partial charge in [-0.1, -0.05) is 28.1 Å².